The molecular weight excluding hydrogens is 394 g/mol. The summed E-state index contributed by atoms with van der Waals surface area (Å²) in [7, 11) is 1.58. The Morgan fingerprint density at radius 1 is 1.28 bits per heavy atom. The van der Waals surface area contributed by atoms with E-state index in [0.29, 0.717) is 11.6 Å². The van der Waals surface area contributed by atoms with Crippen molar-refractivity contribution >= 4 is 34.9 Å². The Morgan fingerprint density at radius 2 is 2.03 bits per heavy atom. The molecule has 1 N–H and O–H groups in total. The number of benzene rings is 1. The molecule has 1 saturated heterocycles. The number of hydrogen-bond acceptors (Lipinski definition) is 8. The molecule has 0 aliphatic carbocycles. The summed E-state index contributed by atoms with van der Waals surface area (Å²) in [5.74, 6) is 0.0606. The number of thiazole rings is 1. The van der Waals surface area contributed by atoms with Crippen molar-refractivity contribution in [3.8, 4) is 16.5 Å². The molecule has 2 amide bonds. The summed E-state index contributed by atoms with van der Waals surface area (Å²) in [6.07, 6.45) is 0.117. The summed E-state index contributed by atoms with van der Waals surface area (Å²) in [4.78, 5) is 31.7. The van der Waals surface area contributed by atoms with Crippen molar-refractivity contribution in [2.45, 2.75) is 20.3 Å². The highest BCUT2D eigenvalue weighted by Crippen LogP contribution is 2.30. The van der Waals surface area contributed by atoms with Crippen molar-refractivity contribution in [1.29, 1.82) is 0 Å². The third-order valence-corrected chi connectivity index (χ3v) is 5.69. The molecule has 0 spiro atoms. The minimum Gasteiger partial charge on any atom is -0.497 e. The van der Waals surface area contributed by atoms with Gasteiger partial charge in [-0.05, 0) is 38.1 Å². The van der Waals surface area contributed by atoms with Gasteiger partial charge in [-0.15, -0.1) is 16.4 Å². The Kier molecular flexibility index (Phi) is 5.01. The molecule has 1 aliphatic heterocycles. The van der Waals surface area contributed by atoms with Gasteiger partial charge in [-0.3, -0.25) is 14.9 Å². The van der Waals surface area contributed by atoms with Crippen LogP contribution >= 0.6 is 11.3 Å². The lowest BCUT2D eigenvalue weighted by molar-refractivity contribution is -0.122. The van der Waals surface area contributed by atoms with Crippen LogP contribution in [-0.2, 0) is 9.59 Å². The maximum absolute atomic E-state index is 12.6. The normalized spacial score (nSPS) is 16.3. The summed E-state index contributed by atoms with van der Waals surface area (Å²) in [5.41, 5.74) is 1.52. The molecule has 2 aromatic heterocycles. The molecule has 1 atom stereocenters. The molecule has 1 aliphatic rings. The molecule has 1 fully saturated rings. The predicted molar refractivity (Wildman–Crippen MR) is 107 cm³/mol. The number of carbonyl (C=O) groups is 2. The van der Waals surface area contributed by atoms with Crippen LogP contribution in [0.3, 0.4) is 0 Å². The third kappa shape index (κ3) is 3.83. The number of amides is 2. The number of rotatable bonds is 5. The number of methoxy groups -OCH3 is 1. The first-order valence-corrected chi connectivity index (χ1v) is 9.79. The fraction of sp³-hybridized carbons (Fsp3) is 0.316. The van der Waals surface area contributed by atoms with Crippen molar-refractivity contribution in [2.24, 2.45) is 5.92 Å². The average Bonchev–Trinajstić information content (AvgIpc) is 3.40. The number of hydrogen-bond donors (Lipinski definition) is 1. The third-order valence-electron chi connectivity index (χ3n) is 4.63. The molecule has 0 bridgehead atoms. The van der Waals surface area contributed by atoms with Crippen LogP contribution in [0.25, 0.3) is 10.8 Å². The zero-order valence-electron chi connectivity index (χ0n) is 16.1. The van der Waals surface area contributed by atoms with E-state index in [9.17, 15) is 9.59 Å². The fourth-order valence-corrected chi connectivity index (χ4v) is 4.04. The maximum Gasteiger partial charge on any atom is 0.322 e. The largest absolute Gasteiger partial charge is 0.497 e. The van der Waals surface area contributed by atoms with E-state index >= 15 is 0 Å². The van der Waals surface area contributed by atoms with Crippen molar-refractivity contribution in [1.82, 2.24) is 15.2 Å². The number of aromatic nitrogens is 3. The number of carbonyl (C=O) groups excluding carboxylic acids is 2. The van der Waals surface area contributed by atoms with E-state index in [-0.39, 0.29) is 30.8 Å². The van der Waals surface area contributed by atoms with Gasteiger partial charge in [0.2, 0.25) is 11.8 Å². The zero-order chi connectivity index (χ0) is 20.5. The van der Waals surface area contributed by atoms with E-state index < -0.39 is 5.92 Å². The first kappa shape index (κ1) is 19.1. The molecule has 9 nitrogen and oxygen atoms in total. The predicted octanol–water partition coefficient (Wildman–Crippen LogP) is 2.81. The highest BCUT2D eigenvalue weighted by molar-refractivity contribution is 7.15. The summed E-state index contributed by atoms with van der Waals surface area (Å²) in [6, 6.07) is 7.14. The summed E-state index contributed by atoms with van der Waals surface area (Å²) in [5, 5.41) is 11.4. The van der Waals surface area contributed by atoms with Gasteiger partial charge < -0.3 is 14.1 Å². The Bertz CT molecular complexity index is 1060. The van der Waals surface area contributed by atoms with Gasteiger partial charge in [-0.2, -0.15) is 0 Å². The standard InChI is InChI=1S/C19H19N5O4S/c1-10-16(29-11(2)20-10)18-22-23-19(28-18)21-17(26)12-8-15(25)24(9-12)13-4-6-14(27-3)7-5-13/h4-7,12H,8-9H2,1-3H3,(H,21,23,26). The van der Waals surface area contributed by atoms with Crippen LogP contribution in [0.1, 0.15) is 17.1 Å². The summed E-state index contributed by atoms with van der Waals surface area (Å²) in [6.45, 7) is 4.04. The lowest BCUT2D eigenvalue weighted by Crippen LogP contribution is -2.28. The fourth-order valence-electron chi connectivity index (χ4n) is 3.20. The molecule has 0 radical (unpaired) electrons. The molecular formula is C19H19N5O4S. The Labute approximate surface area is 170 Å². The Morgan fingerprint density at radius 3 is 2.69 bits per heavy atom. The average molecular weight is 413 g/mol. The van der Waals surface area contributed by atoms with Gasteiger partial charge in [0, 0.05) is 18.7 Å². The number of nitrogens with one attached hydrogen (secondary N) is 1. The van der Waals surface area contributed by atoms with Crippen LogP contribution in [0, 0.1) is 19.8 Å². The number of nitrogens with zero attached hydrogens (tertiary/aromatic N) is 4. The van der Waals surface area contributed by atoms with Crippen LogP contribution in [0.5, 0.6) is 5.75 Å². The van der Waals surface area contributed by atoms with E-state index in [1.807, 2.05) is 13.8 Å². The molecule has 10 heteroatoms. The molecule has 1 aromatic carbocycles. The number of ether oxygens (including phenoxy) is 1. The van der Waals surface area contributed by atoms with Crippen LogP contribution in [0.15, 0.2) is 28.7 Å². The highest BCUT2D eigenvalue weighted by Gasteiger charge is 2.35. The monoisotopic (exact) mass is 413 g/mol. The van der Waals surface area contributed by atoms with Crippen molar-refractivity contribution in [3.63, 3.8) is 0 Å². The van der Waals surface area contributed by atoms with Gasteiger partial charge in [0.05, 0.1) is 23.7 Å². The van der Waals surface area contributed by atoms with Gasteiger partial charge in [0.1, 0.15) is 10.6 Å². The van der Waals surface area contributed by atoms with Gasteiger partial charge >= 0.3 is 6.01 Å². The van der Waals surface area contributed by atoms with Crippen LogP contribution in [0.2, 0.25) is 0 Å². The molecule has 4 rings (SSSR count). The molecule has 1 unspecified atom stereocenters. The topological polar surface area (TPSA) is 110 Å². The first-order chi connectivity index (χ1) is 13.9. The van der Waals surface area contributed by atoms with Crippen molar-refractivity contribution < 1.29 is 18.7 Å². The van der Waals surface area contributed by atoms with Gasteiger partial charge in [-0.25, -0.2) is 4.98 Å². The SMILES string of the molecule is COc1ccc(N2CC(C(=O)Nc3nnc(-c4sc(C)nc4C)o3)CC2=O)cc1. The maximum atomic E-state index is 12.6. The lowest BCUT2D eigenvalue weighted by atomic mass is 10.1. The summed E-state index contributed by atoms with van der Waals surface area (Å²) >= 11 is 1.45. The van der Waals surface area contributed by atoms with E-state index in [0.717, 1.165) is 21.3 Å². The van der Waals surface area contributed by atoms with Crippen molar-refractivity contribution in [2.75, 3.05) is 23.9 Å². The molecule has 3 aromatic rings. The Balaban J connectivity index is 1.43. The summed E-state index contributed by atoms with van der Waals surface area (Å²) < 4.78 is 10.7. The van der Waals surface area contributed by atoms with E-state index in [1.54, 1.807) is 36.3 Å². The van der Waals surface area contributed by atoms with Crippen molar-refractivity contribution in [3.05, 3.63) is 35.0 Å². The first-order valence-electron chi connectivity index (χ1n) is 8.98. The van der Waals surface area contributed by atoms with Gasteiger partial charge in [0.15, 0.2) is 0 Å². The Hall–Kier alpha value is -3.27. The van der Waals surface area contributed by atoms with Gasteiger partial charge in [0.25, 0.3) is 5.89 Å². The second-order valence-corrected chi connectivity index (χ2v) is 7.86. The van der Waals surface area contributed by atoms with Gasteiger partial charge in [-0.1, -0.05) is 5.10 Å². The van der Waals surface area contributed by atoms with Crippen LogP contribution < -0.4 is 15.0 Å². The van der Waals surface area contributed by atoms with Crippen LogP contribution in [-0.4, -0.2) is 40.7 Å². The van der Waals surface area contributed by atoms with E-state index in [2.05, 4.69) is 20.5 Å². The van der Waals surface area contributed by atoms with E-state index in [1.165, 1.54) is 11.3 Å². The lowest BCUT2D eigenvalue weighted by Gasteiger charge is -2.16. The minimum absolute atomic E-state index is 0.00537. The molecule has 150 valence electrons. The highest BCUT2D eigenvalue weighted by atomic mass is 32.1. The van der Waals surface area contributed by atoms with Crippen LogP contribution in [0.4, 0.5) is 11.7 Å². The number of anilines is 2. The molecule has 3 heterocycles. The molecule has 29 heavy (non-hydrogen) atoms. The minimum atomic E-state index is -0.507. The second-order valence-electron chi connectivity index (χ2n) is 6.65. The quantitative estimate of drug-likeness (QED) is 0.685. The second kappa shape index (κ2) is 7.63. The number of aryl methyl sites for hydroxylation is 2. The smallest absolute Gasteiger partial charge is 0.322 e. The zero-order valence-corrected chi connectivity index (χ0v) is 16.9. The molecule has 0 saturated carbocycles. The van der Waals surface area contributed by atoms with E-state index in [4.69, 9.17) is 9.15 Å².